The van der Waals surface area contributed by atoms with Crippen LogP contribution < -0.4 is 27.0 Å². The van der Waals surface area contributed by atoms with Crippen LogP contribution in [0.1, 0.15) is 29.9 Å². The van der Waals surface area contributed by atoms with Gasteiger partial charge in [-0.15, -0.1) is 0 Å². The van der Waals surface area contributed by atoms with Crippen molar-refractivity contribution < 1.29 is 0 Å². The van der Waals surface area contributed by atoms with E-state index in [4.69, 9.17) is 5.73 Å². The van der Waals surface area contributed by atoms with E-state index in [0.29, 0.717) is 30.3 Å². The van der Waals surface area contributed by atoms with Gasteiger partial charge in [-0.3, -0.25) is 0 Å². The van der Waals surface area contributed by atoms with E-state index >= 15 is 0 Å². The molecule has 5 rings (SSSR count). The number of nitrogens with one attached hydrogen (secondary N) is 5. The highest BCUT2D eigenvalue weighted by Crippen LogP contribution is 2.33. The van der Waals surface area contributed by atoms with Crippen molar-refractivity contribution in [3.63, 3.8) is 0 Å². The number of H-pyrrole nitrogens is 1. The van der Waals surface area contributed by atoms with E-state index in [0.717, 1.165) is 51.0 Å². The number of anilines is 4. The SMILES string of the molecule is NCCCNc1nc(NCCc2c[nH]c3ccccc23)nc(NCCC2CNc3ccccc32)n1. The van der Waals surface area contributed by atoms with Gasteiger partial charge in [-0.05, 0) is 49.1 Å². The standard InChI is InChI=1S/C26H33N9/c27-12-5-13-28-24-33-25(29-14-10-18-16-31-22-8-3-1-6-20(18)22)35-26(34-24)30-15-11-19-17-32-23-9-4-2-7-21(19)23/h1-4,6-9,16,19,31-32H,5,10-15,17,27H2,(H3,28,29,30,33,34,35). The predicted molar refractivity (Wildman–Crippen MR) is 143 cm³/mol. The number of hydrogen-bond donors (Lipinski definition) is 6. The van der Waals surface area contributed by atoms with E-state index in [1.807, 2.05) is 6.07 Å². The maximum atomic E-state index is 5.64. The molecule has 0 fully saturated rings. The first-order valence-electron chi connectivity index (χ1n) is 12.4. The molecular formula is C26H33N9. The Hall–Kier alpha value is -3.85. The van der Waals surface area contributed by atoms with Gasteiger partial charge in [0.15, 0.2) is 0 Å². The Labute approximate surface area is 205 Å². The normalized spacial score (nSPS) is 14.5. The van der Waals surface area contributed by atoms with Crippen molar-refractivity contribution in [3.05, 3.63) is 65.9 Å². The summed E-state index contributed by atoms with van der Waals surface area (Å²) in [7, 11) is 0. The zero-order valence-electron chi connectivity index (χ0n) is 19.8. The molecule has 0 aliphatic carbocycles. The van der Waals surface area contributed by atoms with Crippen molar-refractivity contribution in [1.82, 2.24) is 19.9 Å². The second-order valence-corrected chi connectivity index (χ2v) is 8.79. The molecule has 182 valence electrons. The molecule has 4 aromatic rings. The molecule has 1 aliphatic heterocycles. The van der Waals surface area contributed by atoms with Crippen LogP contribution >= 0.6 is 0 Å². The summed E-state index contributed by atoms with van der Waals surface area (Å²) in [6, 6.07) is 16.9. The van der Waals surface area contributed by atoms with Crippen LogP contribution in [0.4, 0.5) is 23.5 Å². The van der Waals surface area contributed by atoms with Crippen molar-refractivity contribution in [1.29, 1.82) is 0 Å². The van der Waals surface area contributed by atoms with Gasteiger partial charge < -0.3 is 32.0 Å². The maximum absolute atomic E-state index is 5.64. The minimum Gasteiger partial charge on any atom is -0.384 e. The van der Waals surface area contributed by atoms with E-state index in [2.05, 4.69) is 89.9 Å². The quantitative estimate of drug-likeness (QED) is 0.172. The maximum Gasteiger partial charge on any atom is 0.229 e. The van der Waals surface area contributed by atoms with Gasteiger partial charge in [0.2, 0.25) is 17.8 Å². The summed E-state index contributed by atoms with van der Waals surface area (Å²) in [5, 5.41) is 14.8. The van der Waals surface area contributed by atoms with Gasteiger partial charge in [-0.2, -0.15) is 15.0 Å². The summed E-state index contributed by atoms with van der Waals surface area (Å²) in [5.41, 5.74) is 10.7. The van der Waals surface area contributed by atoms with Gasteiger partial charge in [-0.1, -0.05) is 36.4 Å². The van der Waals surface area contributed by atoms with Gasteiger partial charge in [-0.25, -0.2) is 0 Å². The Balaban J connectivity index is 1.21. The van der Waals surface area contributed by atoms with Crippen molar-refractivity contribution in [2.45, 2.75) is 25.2 Å². The van der Waals surface area contributed by atoms with Gasteiger partial charge in [0.05, 0.1) is 0 Å². The summed E-state index contributed by atoms with van der Waals surface area (Å²) in [4.78, 5) is 17.1. The predicted octanol–water partition coefficient (Wildman–Crippen LogP) is 3.78. The lowest BCUT2D eigenvalue weighted by Gasteiger charge is -2.13. The van der Waals surface area contributed by atoms with E-state index < -0.39 is 0 Å². The number of nitrogens with two attached hydrogens (primary N) is 1. The molecule has 35 heavy (non-hydrogen) atoms. The molecule has 9 heteroatoms. The fourth-order valence-corrected chi connectivity index (χ4v) is 4.54. The molecule has 0 bridgehead atoms. The molecule has 2 aromatic carbocycles. The largest absolute Gasteiger partial charge is 0.384 e. The second-order valence-electron chi connectivity index (χ2n) is 8.79. The van der Waals surface area contributed by atoms with E-state index in [1.54, 1.807) is 0 Å². The van der Waals surface area contributed by atoms with Gasteiger partial charge in [0.1, 0.15) is 0 Å². The summed E-state index contributed by atoms with van der Waals surface area (Å²) in [5.74, 6) is 2.17. The molecule has 0 spiro atoms. The topological polar surface area (TPSA) is 129 Å². The molecule has 1 unspecified atom stereocenters. The lowest BCUT2D eigenvalue weighted by atomic mass is 9.98. The number of rotatable bonds is 12. The third-order valence-corrected chi connectivity index (χ3v) is 6.37. The molecule has 1 aliphatic rings. The Morgan fingerprint density at radius 3 is 2.40 bits per heavy atom. The molecule has 0 radical (unpaired) electrons. The van der Waals surface area contributed by atoms with Crippen LogP contribution in [0.25, 0.3) is 10.9 Å². The fourth-order valence-electron chi connectivity index (χ4n) is 4.54. The molecule has 7 N–H and O–H groups in total. The molecule has 0 amide bonds. The third-order valence-electron chi connectivity index (χ3n) is 6.37. The highest BCUT2D eigenvalue weighted by Gasteiger charge is 2.21. The number of hydrogen-bond acceptors (Lipinski definition) is 8. The summed E-state index contributed by atoms with van der Waals surface area (Å²) in [6.07, 6.45) is 4.78. The summed E-state index contributed by atoms with van der Waals surface area (Å²) in [6.45, 7) is 3.81. The Kier molecular flexibility index (Phi) is 7.24. The van der Waals surface area contributed by atoms with Gasteiger partial charge in [0.25, 0.3) is 0 Å². The van der Waals surface area contributed by atoms with Crippen LogP contribution in [0.2, 0.25) is 0 Å². The summed E-state index contributed by atoms with van der Waals surface area (Å²) < 4.78 is 0. The first kappa shape index (κ1) is 22.9. The Bertz CT molecular complexity index is 1250. The summed E-state index contributed by atoms with van der Waals surface area (Å²) >= 11 is 0. The minimum absolute atomic E-state index is 0.483. The number of fused-ring (bicyclic) bond motifs is 2. The van der Waals surface area contributed by atoms with E-state index in [9.17, 15) is 0 Å². The van der Waals surface area contributed by atoms with Crippen LogP contribution in [-0.2, 0) is 6.42 Å². The van der Waals surface area contributed by atoms with Gasteiger partial charge >= 0.3 is 0 Å². The molecule has 1 atom stereocenters. The first-order valence-corrected chi connectivity index (χ1v) is 12.4. The van der Waals surface area contributed by atoms with Crippen LogP contribution in [0.15, 0.2) is 54.7 Å². The molecule has 0 saturated heterocycles. The number of benzene rings is 2. The number of para-hydroxylation sites is 2. The van der Waals surface area contributed by atoms with Crippen LogP contribution in [0, 0.1) is 0 Å². The second kappa shape index (κ2) is 11.1. The zero-order valence-corrected chi connectivity index (χ0v) is 19.8. The highest BCUT2D eigenvalue weighted by atomic mass is 15.3. The molecule has 2 aromatic heterocycles. The monoisotopic (exact) mass is 471 g/mol. The molecule has 3 heterocycles. The van der Waals surface area contributed by atoms with Crippen LogP contribution in [0.5, 0.6) is 0 Å². The average molecular weight is 472 g/mol. The number of aromatic nitrogens is 4. The highest BCUT2D eigenvalue weighted by molar-refractivity contribution is 5.83. The smallest absolute Gasteiger partial charge is 0.229 e. The van der Waals surface area contributed by atoms with Crippen LogP contribution in [0.3, 0.4) is 0 Å². The lowest BCUT2D eigenvalue weighted by Crippen LogP contribution is -2.16. The zero-order chi connectivity index (χ0) is 23.9. The third kappa shape index (κ3) is 5.63. The Morgan fingerprint density at radius 2 is 1.57 bits per heavy atom. The average Bonchev–Trinajstić information content (AvgIpc) is 3.49. The molecular weight excluding hydrogens is 438 g/mol. The van der Waals surface area contributed by atoms with Gasteiger partial charge in [0, 0.05) is 54.9 Å². The van der Waals surface area contributed by atoms with E-state index in [-0.39, 0.29) is 0 Å². The van der Waals surface area contributed by atoms with Crippen molar-refractivity contribution in [3.8, 4) is 0 Å². The van der Waals surface area contributed by atoms with Crippen molar-refractivity contribution >= 4 is 34.4 Å². The number of nitrogens with zero attached hydrogens (tertiary/aromatic N) is 3. The number of aromatic amines is 1. The fraction of sp³-hybridized carbons (Fsp3) is 0.346. The van der Waals surface area contributed by atoms with Crippen molar-refractivity contribution in [2.24, 2.45) is 5.73 Å². The van der Waals surface area contributed by atoms with Crippen LogP contribution in [-0.4, -0.2) is 52.7 Å². The Morgan fingerprint density at radius 1 is 0.857 bits per heavy atom. The minimum atomic E-state index is 0.483. The van der Waals surface area contributed by atoms with Crippen molar-refractivity contribution in [2.75, 3.05) is 54.0 Å². The first-order chi connectivity index (χ1) is 17.3. The molecule has 0 saturated carbocycles. The lowest BCUT2D eigenvalue weighted by molar-refractivity contribution is 0.698. The molecule has 9 nitrogen and oxygen atoms in total. The van der Waals surface area contributed by atoms with E-state index in [1.165, 1.54) is 22.2 Å².